The summed E-state index contributed by atoms with van der Waals surface area (Å²) in [6, 6.07) is 6.51. The van der Waals surface area contributed by atoms with E-state index in [2.05, 4.69) is 62.3 Å². The van der Waals surface area contributed by atoms with E-state index in [4.69, 9.17) is 4.52 Å². The molecule has 1 aromatic carbocycles. The Morgan fingerprint density at radius 1 is 1.20 bits per heavy atom. The van der Waals surface area contributed by atoms with Gasteiger partial charge < -0.3 is 19.6 Å². The van der Waals surface area contributed by atoms with Gasteiger partial charge in [-0.2, -0.15) is 4.98 Å². The van der Waals surface area contributed by atoms with Crippen LogP contribution in [0.25, 0.3) is 0 Å². The van der Waals surface area contributed by atoms with Crippen molar-refractivity contribution < 1.29 is 4.52 Å². The molecule has 0 amide bonds. The van der Waals surface area contributed by atoms with Crippen molar-refractivity contribution in [3.8, 4) is 0 Å². The van der Waals surface area contributed by atoms with Crippen molar-refractivity contribution in [1.29, 1.82) is 0 Å². The molecular weight excluding hydrogens is 316 g/mol. The Kier molecular flexibility index (Phi) is 5.21. The minimum atomic E-state index is 0.491. The number of nitrogens with zero attached hydrogens (tertiary/aromatic N) is 5. The van der Waals surface area contributed by atoms with Crippen molar-refractivity contribution in [2.75, 3.05) is 38.1 Å². The molecule has 7 nitrogen and oxygen atoms in total. The summed E-state index contributed by atoms with van der Waals surface area (Å²) in [5, 5.41) is 7.11. The third kappa shape index (κ3) is 3.92. The predicted molar refractivity (Wildman–Crippen MR) is 98.9 cm³/mol. The van der Waals surface area contributed by atoms with Gasteiger partial charge in [-0.05, 0) is 38.0 Å². The molecule has 0 bridgehead atoms. The van der Waals surface area contributed by atoms with Crippen LogP contribution in [0, 0.1) is 20.8 Å². The molecule has 0 radical (unpaired) electrons. The van der Waals surface area contributed by atoms with Gasteiger partial charge in [-0.1, -0.05) is 17.3 Å². The Hall–Kier alpha value is -2.57. The summed E-state index contributed by atoms with van der Waals surface area (Å²) < 4.78 is 5.14. The number of hydrogen-bond acceptors (Lipinski definition) is 5. The molecular formula is C18H26N6O. The van der Waals surface area contributed by atoms with Gasteiger partial charge in [0, 0.05) is 38.9 Å². The molecule has 0 saturated carbocycles. The number of piperazine rings is 1. The van der Waals surface area contributed by atoms with E-state index in [1.165, 1.54) is 16.8 Å². The lowest BCUT2D eigenvalue weighted by Crippen LogP contribution is -2.52. The Labute approximate surface area is 148 Å². The summed E-state index contributed by atoms with van der Waals surface area (Å²) in [5.74, 6) is 2.10. The molecule has 7 heteroatoms. The monoisotopic (exact) mass is 342 g/mol. The molecule has 1 aliphatic heterocycles. The Balaban J connectivity index is 1.57. The van der Waals surface area contributed by atoms with Crippen LogP contribution >= 0.6 is 0 Å². The molecule has 0 spiro atoms. The third-order valence-corrected chi connectivity index (χ3v) is 4.68. The van der Waals surface area contributed by atoms with Crippen LogP contribution in [0.5, 0.6) is 0 Å². The second kappa shape index (κ2) is 7.55. The van der Waals surface area contributed by atoms with E-state index in [0.29, 0.717) is 18.3 Å². The minimum Gasteiger partial charge on any atom is -0.368 e. The van der Waals surface area contributed by atoms with Crippen molar-refractivity contribution >= 4 is 11.6 Å². The lowest BCUT2D eigenvalue weighted by atomic mass is 10.1. The number of benzene rings is 1. The smallest absolute Gasteiger partial charge is 0.246 e. The number of aryl methyl sites for hydroxylation is 2. The zero-order chi connectivity index (χ0) is 17.8. The molecule has 3 rings (SSSR count). The van der Waals surface area contributed by atoms with Gasteiger partial charge in [-0.15, -0.1) is 0 Å². The number of anilines is 1. The highest BCUT2D eigenvalue weighted by molar-refractivity contribution is 5.80. The molecule has 25 heavy (non-hydrogen) atoms. The molecule has 2 heterocycles. The molecule has 0 unspecified atom stereocenters. The summed E-state index contributed by atoms with van der Waals surface area (Å²) in [5.41, 5.74) is 4.04. The van der Waals surface area contributed by atoms with Gasteiger partial charge in [0.15, 0.2) is 11.8 Å². The summed E-state index contributed by atoms with van der Waals surface area (Å²) in [4.78, 5) is 13.3. The zero-order valence-corrected chi connectivity index (χ0v) is 15.4. The highest BCUT2D eigenvalue weighted by Gasteiger charge is 2.21. The van der Waals surface area contributed by atoms with Crippen molar-refractivity contribution in [1.82, 2.24) is 20.4 Å². The first kappa shape index (κ1) is 17.3. The van der Waals surface area contributed by atoms with Gasteiger partial charge in [0.2, 0.25) is 5.89 Å². The molecule has 1 aromatic heterocycles. The van der Waals surface area contributed by atoms with E-state index in [9.17, 15) is 0 Å². The summed E-state index contributed by atoms with van der Waals surface area (Å²) in [6.07, 6.45) is 0. The van der Waals surface area contributed by atoms with Crippen LogP contribution in [0.15, 0.2) is 27.7 Å². The summed E-state index contributed by atoms with van der Waals surface area (Å²) in [6.45, 7) is 10.5. The maximum absolute atomic E-state index is 5.14. The molecule has 0 atom stereocenters. The number of aromatic nitrogens is 2. The van der Waals surface area contributed by atoms with Gasteiger partial charge in [-0.3, -0.25) is 4.99 Å². The number of nitrogens with one attached hydrogen (secondary N) is 1. The van der Waals surface area contributed by atoms with E-state index >= 15 is 0 Å². The fraction of sp³-hybridized carbons (Fsp3) is 0.500. The quantitative estimate of drug-likeness (QED) is 0.679. The maximum atomic E-state index is 5.14. The van der Waals surface area contributed by atoms with Crippen LogP contribution in [0.1, 0.15) is 22.8 Å². The maximum Gasteiger partial charge on any atom is 0.246 e. The van der Waals surface area contributed by atoms with Gasteiger partial charge >= 0.3 is 0 Å². The first-order valence-electron chi connectivity index (χ1n) is 8.64. The van der Waals surface area contributed by atoms with E-state index in [0.717, 1.165) is 32.1 Å². The number of hydrogen-bond donors (Lipinski definition) is 1. The van der Waals surface area contributed by atoms with Crippen molar-refractivity contribution in [2.24, 2.45) is 4.99 Å². The van der Waals surface area contributed by atoms with Gasteiger partial charge in [0.05, 0.1) is 6.54 Å². The second-order valence-electron chi connectivity index (χ2n) is 6.33. The summed E-state index contributed by atoms with van der Waals surface area (Å²) >= 11 is 0. The van der Waals surface area contributed by atoms with Crippen LogP contribution in [0.4, 0.5) is 5.69 Å². The van der Waals surface area contributed by atoms with E-state index in [1.54, 1.807) is 7.05 Å². The van der Waals surface area contributed by atoms with Crippen LogP contribution in [0.3, 0.4) is 0 Å². The molecule has 1 N–H and O–H groups in total. The lowest BCUT2D eigenvalue weighted by Gasteiger charge is -2.38. The third-order valence-electron chi connectivity index (χ3n) is 4.68. The highest BCUT2D eigenvalue weighted by atomic mass is 16.5. The zero-order valence-electron chi connectivity index (χ0n) is 15.4. The predicted octanol–water partition coefficient (Wildman–Crippen LogP) is 1.89. The van der Waals surface area contributed by atoms with Crippen molar-refractivity contribution in [3.05, 3.63) is 41.0 Å². The standard InChI is InChI=1S/C18H26N6O/c1-13-6-5-7-16(14(13)2)23-8-10-24(11-9-23)18(19-4)20-12-17-21-15(3)22-25-17/h5-7H,8-12H2,1-4H3,(H,19,20). The first-order chi connectivity index (χ1) is 12.1. The Bertz CT molecular complexity index is 746. The van der Waals surface area contributed by atoms with E-state index in [-0.39, 0.29) is 0 Å². The topological polar surface area (TPSA) is 69.8 Å². The fourth-order valence-electron chi connectivity index (χ4n) is 3.14. The molecule has 134 valence electrons. The highest BCUT2D eigenvalue weighted by Crippen LogP contribution is 2.23. The van der Waals surface area contributed by atoms with Gasteiger partial charge in [0.1, 0.15) is 0 Å². The molecule has 0 aliphatic carbocycles. The second-order valence-corrected chi connectivity index (χ2v) is 6.33. The van der Waals surface area contributed by atoms with Crippen LogP contribution < -0.4 is 10.2 Å². The van der Waals surface area contributed by atoms with Crippen LogP contribution in [-0.2, 0) is 6.54 Å². The minimum absolute atomic E-state index is 0.491. The molecule has 1 aliphatic rings. The Morgan fingerprint density at radius 2 is 1.96 bits per heavy atom. The number of aliphatic imine (C=N–C) groups is 1. The molecule has 1 saturated heterocycles. The first-order valence-corrected chi connectivity index (χ1v) is 8.64. The van der Waals surface area contributed by atoms with Crippen LogP contribution in [0.2, 0.25) is 0 Å². The summed E-state index contributed by atoms with van der Waals surface area (Å²) in [7, 11) is 1.80. The van der Waals surface area contributed by atoms with Crippen LogP contribution in [-0.4, -0.2) is 54.2 Å². The number of rotatable bonds is 3. The number of guanidine groups is 1. The van der Waals surface area contributed by atoms with Gasteiger partial charge in [-0.25, -0.2) is 0 Å². The molecule has 2 aromatic rings. The van der Waals surface area contributed by atoms with Crippen molar-refractivity contribution in [2.45, 2.75) is 27.3 Å². The van der Waals surface area contributed by atoms with Crippen molar-refractivity contribution in [3.63, 3.8) is 0 Å². The average Bonchev–Trinajstić information content (AvgIpc) is 3.04. The molecule has 1 fully saturated rings. The van der Waals surface area contributed by atoms with E-state index < -0.39 is 0 Å². The van der Waals surface area contributed by atoms with Gasteiger partial charge in [0.25, 0.3) is 0 Å². The van der Waals surface area contributed by atoms with E-state index in [1.807, 2.05) is 6.92 Å². The fourth-order valence-corrected chi connectivity index (χ4v) is 3.14. The lowest BCUT2D eigenvalue weighted by molar-refractivity contribution is 0.353. The largest absolute Gasteiger partial charge is 0.368 e. The SMILES string of the molecule is CN=C(NCc1nc(C)no1)N1CCN(c2cccc(C)c2C)CC1. The normalized spacial score (nSPS) is 15.6. The average molecular weight is 342 g/mol. The Morgan fingerprint density at radius 3 is 2.60 bits per heavy atom.